The summed E-state index contributed by atoms with van der Waals surface area (Å²) in [4.78, 5) is 23.5. The zero-order chi connectivity index (χ0) is 13.9. The lowest BCUT2D eigenvalue weighted by Gasteiger charge is -2.23. The lowest BCUT2D eigenvalue weighted by Crippen LogP contribution is -2.43. The second kappa shape index (κ2) is 5.61. The van der Waals surface area contributed by atoms with Crippen molar-refractivity contribution in [3.8, 4) is 0 Å². The highest BCUT2D eigenvalue weighted by molar-refractivity contribution is 7.86. The van der Waals surface area contributed by atoms with Crippen LogP contribution in [0.15, 0.2) is 0 Å². The fourth-order valence-electron chi connectivity index (χ4n) is 2.04. The van der Waals surface area contributed by atoms with Crippen molar-refractivity contribution in [2.75, 3.05) is 18.9 Å². The fourth-order valence-corrected chi connectivity index (χ4v) is 2.82. The summed E-state index contributed by atoms with van der Waals surface area (Å²) >= 11 is 0. The number of carbonyl (C=O) groups is 2. The predicted octanol–water partition coefficient (Wildman–Crippen LogP) is -1.03. The van der Waals surface area contributed by atoms with Gasteiger partial charge >= 0.3 is 16.2 Å². The Labute approximate surface area is 103 Å². The van der Waals surface area contributed by atoms with E-state index in [0.717, 1.165) is 4.90 Å². The topological polar surface area (TPSA) is 112 Å². The Bertz CT molecular complexity index is 436. The largest absolute Gasteiger partial charge is 0.480 e. The van der Waals surface area contributed by atoms with Crippen LogP contribution in [-0.2, 0) is 19.8 Å². The van der Waals surface area contributed by atoms with Crippen LogP contribution in [-0.4, -0.2) is 60.4 Å². The highest BCUT2D eigenvalue weighted by atomic mass is 32.3. The van der Waals surface area contributed by atoms with Crippen molar-refractivity contribution in [1.82, 2.24) is 4.90 Å². The van der Waals surface area contributed by atoms with Crippen molar-refractivity contribution >= 4 is 22.1 Å². The molecule has 104 valence electrons. The van der Waals surface area contributed by atoms with E-state index >= 15 is 0 Å². The molecule has 0 aromatic heterocycles. The number of aliphatic hydroxyl groups excluding tert-OH is 1. The van der Waals surface area contributed by atoms with Crippen LogP contribution in [0.3, 0.4) is 0 Å². The summed E-state index contributed by atoms with van der Waals surface area (Å²) in [5.41, 5.74) is 0. The minimum absolute atomic E-state index is 0.126. The molecule has 0 radical (unpaired) electrons. The fraction of sp³-hybridized carbons (Fsp3) is 0.778. The summed E-state index contributed by atoms with van der Waals surface area (Å²) in [6.45, 7) is -0.536. The normalized spacial score (nSPS) is 22.2. The first kappa shape index (κ1) is 14.8. The summed E-state index contributed by atoms with van der Waals surface area (Å²) in [5, 5.41) is 17.6. The molecule has 1 aliphatic heterocycles. The third-order valence-electron chi connectivity index (χ3n) is 2.74. The second-order valence-electron chi connectivity index (χ2n) is 4.19. The highest BCUT2D eigenvalue weighted by Crippen LogP contribution is 2.23. The van der Waals surface area contributed by atoms with E-state index in [0.29, 0.717) is 0 Å². The molecule has 7 nitrogen and oxygen atoms in total. The molecule has 1 heterocycles. The van der Waals surface area contributed by atoms with Gasteiger partial charge in [0.25, 0.3) is 0 Å². The number of carboxylic acids is 1. The molecular formula is C9H14FNO6S. The van der Waals surface area contributed by atoms with E-state index in [1.54, 1.807) is 0 Å². The van der Waals surface area contributed by atoms with E-state index in [-0.39, 0.29) is 19.4 Å². The molecule has 2 atom stereocenters. The summed E-state index contributed by atoms with van der Waals surface area (Å²) in [6, 6.07) is -1.20. The number of nitrogens with zero attached hydrogens (tertiary/aromatic N) is 1. The Kier molecular flexibility index (Phi) is 4.63. The van der Waals surface area contributed by atoms with Gasteiger partial charge in [0.05, 0.1) is 5.75 Å². The molecule has 2 unspecified atom stereocenters. The van der Waals surface area contributed by atoms with Gasteiger partial charge in [0, 0.05) is 31.9 Å². The first-order valence-electron chi connectivity index (χ1n) is 5.30. The van der Waals surface area contributed by atoms with Crippen LogP contribution in [0.2, 0.25) is 0 Å². The molecule has 1 fully saturated rings. The Hall–Kier alpha value is -1.22. The third kappa shape index (κ3) is 3.91. The van der Waals surface area contributed by atoms with E-state index in [9.17, 15) is 21.9 Å². The number of hydrogen-bond donors (Lipinski definition) is 2. The molecule has 0 spiro atoms. The molecule has 0 aromatic carbocycles. The smallest absolute Gasteiger partial charge is 0.326 e. The Morgan fingerprint density at radius 2 is 2.17 bits per heavy atom. The number of aliphatic carboxylic acids is 1. The number of carboxylic acid groups (broad SMARTS) is 1. The predicted molar refractivity (Wildman–Crippen MR) is 57.8 cm³/mol. The first-order valence-corrected chi connectivity index (χ1v) is 6.85. The first-order chi connectivity index (χ1) is 8.24. The van der Waals surface area contributed by atoms with Crippen LogP contribution in [0.5, 0.6) is 0 Å². The lowest BCUT2D eigenvalue weighted by molar-refractivity contribution is -0.148. The Balaban J connectivity index is 2.74. The zero-order valence-corrected chi connectivity index (χ0v) is 10.3. The van der Waals surface area contributed by atoms with Crippen LogP contribution in [0, 0.1) is 5.92 Å². The van der Waals surface area contributed by atoms with Crippen molar-refractivity contribution in [2.24, 2.45) is 5.92 Å². The molecule has 18 heavy (non-hydrogen) atoms. The van der Waals surface area contributed by atoms with E-state index < -0.39 is 46.4 Å². The number of carbonyl (C=O) groups excluding carboxylic acids is 1. The monoisotopic (exact) mass is 283 g/mol. The molecule has 1 rings (SSSR count). The van der Waals surface area contributed by atoms with E-state index in [1.807, 2.05) is 0 Å². The van der Waals surface area contributed by atoms with Crippen LogP contribution in [0.1, 0.15) is 12.8 Å². The number of likely N-dealkylation sites (tertiary alicyclic amines) is 1. The van der Waals surface area contributed by atoms with Gasteiger partial charge in [0.15, 0.2) is 0 Å². The lowest BCUT2D eigenvalue weighted by atomic mass is 10.1. The maximum atomic E-state index is 12.5. The molecule has 0 bridgehead atoms. The summed E-state index contributed by atoms with van der Waals surface area (Å²) in [6.07, 6.45) is -0.339. The molecule has 1 amide bonds. The SMILES string of the molecule is O=C(O)C(CCO)N1CC(CS(=O)(=O)F)CC1=O. The van der Waals surface area contributed by atoms with Crippen LogP contribution in [0.25, 0.3) is 0 Å². The number of aliphatic hydroxyl groups is 1. The average molecular weight is 283 g/mol. The molecule has 9 heteroatoms. The van der Waals surface area contributed by atoms with Crippen LogP contribution >= 0.6 is 0 Å². The van der Waals surface area contributed by atoms with Crippen molar-refractivity contribution in [1.29, 1.82) is 0 Å². The molecular weight excluding hydrogens is 269 g/mol. The number of rotatable bonds is 6. The van der Waals surface area contributed by atoms with Gasteiger partial charge in [-0.1, -0.05) is 0 Å². The summed E-state index contributed by atoms with van der Waals surface area (Å²) in [7, 11) is -4.69. The molecule has 0 saturated carbocycles. The quantitative estimate of drug-likeness (QED) is 0.603. The van der Waals surface area contributed by atoms with E-state index in [1.165, 1.54) is 0 Å². The third-order valence-corrected chi connectivity index (χ3v) is 3.61. The van der Waals surface area contributed by atoms with Crippen LogP contribution < -0.4 is 0 Å². The minimum atomic E-state index is -4.69. The Morgan fingerprint density at radius 1 is 1.56 bits per heavy atom. The standard InChI is InChI=1S/C9H14FNO6S/c10-18(16,17)5-6-3-8(13)11(4-6)7(1-2-12)9(14)15/h6-7,12H,1-5H2,(H,14,15). The number of hydrogen-bond acceptors (Lipinski definition) is 5. The van der Waals surface area contributed by atoms with Crippen molar-refractivity contribution in [3.63, 3.8) is 0 Å². The molecule has 1 saturated heterocycles. The zero-order valence-electron chi connectivity index (χ0n) is 9.45. The number of halogens is 1. The van der Waals surface area contributed by atoms with E-state index in [2.05, 4.69) is 0 Å². The van der Waals surface area contributed by atoms with Crippen molar-refractivity contribution in [3.05, 3.63) is 0 Å². The molecule has 0 aromatic rings. The van der Waals surface area contributed by atoms with Gasteiger partial charge in [-0.3, -0.25) is 4.79 Å². The maximum absolute atomic E-state index is 12.5. The average Bonchev–Trinajstić information content (AvgIpc) is 2.52. The van der Waals surface area contributed by atoms with Crippen molar-refractivity contribution in [2.45, 2.75) is 18.9 Å². The molecule has 0 aliphatic carbocycles. The van der Waals surface area contributed by atoms with Gasteiger partial charge in [-0.05, 0) is 0 Å². The summed E-state index contributed by atoms with van der Waals surface area (Å²) in [5.74, 6) is -3.35. The maximum Gasteiger partial charge on any atom is 0.326 e. The van der Waals surface area contributed by atoms with Gasteiger partial charge in [0.2, 0.25) is 5.91 Å². The molecule has 2 N–H and O–H groups in total. The van der Waals surface area contributed by atoms with Gasteiger partial charge in [-0.2, -0.15) is 8.42 Å². The summed E-state index contributed by atoms with van der Waals surface area (Å²) < 4.78 is 33.4. The number of amides is 1. The van der Waals surface area contributed by atoms with Gasteiger partial charge in [0.1, 0.15) is 6.04 Å². The van der Waals surface area contributed by atoms with Gasteiger partial charge in [-0.25, -0.2) is 4.79 Å². The van der Waals surface area contributed by atoms with Crippen LogP contribution in [0.4, 0.5) is 3.89 Å². The molecule has 1 aliphatic rings. The second-order valence-corrected chi connectivity index (χ2v) is 5.60. The Morgan fingerprint density at radius 3 is 2.61 bits per heavy atom. The minimum Gasteiger partial charge on any atom is -0.480 e. The van der Waals surface area contributed by atoms with Crippen molar-refractivity contribution < 1.29 is 32.1 Å². The van der Waals surface area contributed by atoms with E-state index in [4.69, 9.17) is 10.2 Å². The highest BCUT2D eigenvalue weighted by Gasteiger charge is 2.38. The van der Waals surface area contributed by atoms with Gasteiger partial charge in [-0.15, -0.1) is 3.89 Å². The van der Waals surface area contributed by atoms with Gasteiger partial charge < -0.3 is 15.1 Å².